The van der Waals surface area contributed by atoms with Crippen LogP contribution in [0.5, 0.6) is 11.5 Å². The number of benzene rings is 2. The first-order chi connectivity index (χ1) is 15.2. The van der Waals surface area contributed by atoms with Crippen LogP contribution in [-0.2, 0) is 6.42 Å². The van der Waals surface area contributed by atoms with Gasteiger partial charge >= 0.3 is 6.03 Å². The molecule has 2 heterocycles. The molecule has 8 heteroatoms. The van der Waals surface area contributed by atoms with Gasteiger partial charge in [0.15, 0.2) is 11.5 Å². The second kappa shape index (κ2) is 9.44. The van der Waals surface area contributed by atoms with Gasteiger partial charge in [0.25, 0.3) is 0 Å². The predicted molar refractivity (Wildman–Crippen MR) is 123 cm³/mol. The number of amides is 2. The molecule has 4 rings (SSSR count). The predicted octanol–water partition coefficient (Wildman–Crippen LogP) is 4.74. The Morgan fingerprint density at radius 2 is 1.90 bits per heavy atom. The summed E-state index contributed by atoms with van der Waals surface area (Å²) in [4.78, 5) is 21.3. The number of carbonyl (C=O) groups excluding carboxylic acids is 1. The largest absolute Gasteiger partial charge is 0.493 e. The minimum absolute atomic E-state index is 0.268. The van der Waals surface area contributed by atoms with Crippen LogP contribution in [0.1, 0.15) is 5.56 Å². The van der Waals surface area contributed by atoms with E-state index in [0.29, 0.717) is 30.2 Å². The number of hydrogen-bond donors (Lipinski definition) is 2. The first kappa shape index (κ1) is 20.6. The molecular formula is C23H22N4O3S. The minimum Gasteiger partial charge on any atom is -0.493 e. The second-order valence-electron chi connectivity index (χ2n) is 6.73. The van der Waals surface area contributed by atoms with Crippen molar-refractivity contribution in [1.82, 2.24) is 15.3 Å². The number of rotatable bonds is 7. The lowest BCUT2D eigenvalue weighted by Crippen LogP contribution is -2.30. The Morgan fingerprint density at radius 3 is 2.71 bits per heavy atom. The van der Waals surface area contributed by atoms with Crippen LogP contribution in [0.2, 0.25) is 0 Å². The Kier molecular flexibility index (Phi) is 6.28. The molecule has 7 nitrogen and oxygen atoms in total. The zero-order valence-electron chi connectivity index (χ0n) is 17.2. The van der Waals surface area contributed by atoms with Crippen molar-refractivity contribution in [2.75, 3.05) is 26.1 Å². The van der Waals surface area contributed by atoms with E-state index in [4.69, 9.17) is 9.47 Å². The fraction of sp³-hybridized carbons (Fsp3) is 0.174. The molecule has 0 bridgehead atoms. The van der Waals surface area contributed by atoms with Gasteiger partial charge in [-0.1, -0.05) is 18.2 Å². The van der Waals surface area contributed by atoms with E-state index in [2.05, 4.69) is 20.6 Å². The molecule has 0 aliphatic heterocycles. The summed E-state index contributed by atoms with van der Waals surface area (Å²) in [5, 5.41) is 6.68. The van der Waals surface area contributed by atoms with Gasteiger partial charge in [-0.15, -0.1) is 11.3 Å². The average Bonchev–Trinajstić information content (AvgIpc) is 3.23. The molecule has 0 fully saturated rings. The second-order valence-corrected chi connectivity index (χ2v) is 7.76. The molecule has 0 atom stereocenters. The van der Waals surface area contributed by atoms with Crippen molar-refractivity contribution in [3.05, 3.63) is 66.5 Å². The first-order valence-corrected chi connectivity index (χ1v) is 10.6. The number of para-hydroxylation sites is 1. The molecule has 0 saturated heterocycles. The van der Waals surface area contributed by atoms with E-state index in [1.807, 2.05) is 48.5 Å². The first-order valence-electron chi connectivity index (χ1n) is 9.73. The highest BCUT2D eigenvalue weighted by molar-refractivity contribution is 7.21. The molecule has 2 aromatic carbocycles. The molecule has 0 aliphatic carbocycles. The van der Waals surface area contributed by atoms with Crippen molar-refractivity contribution in [3.8, 4) is 22.1 Å². The summed E-state index contributed by atoms with van der Waals surface area (Å²) in [6.07, 6.45) is 4.19. The lowest BCUT2D eigenvalue weighted by atomic mass is 10.1. The number of pyridine rings is 1. The molecule has 0 aliphatic rings. The number of fused-ring (bicyclic) bond motifs is 1. The van der Waals surface area contributed by atoms with Gasteiger partial charge in [0.05, 0.1) is 30.1 Å². The molecule has 0 saturated carbocycles. The Hall–Kier alpha value is -3.65. The van der Waals surface area contributed by atoms with Gasteiger partial charge in [-0.25, -0.2) is 9.78 Å². The minimum atomic E-state index is -0.268. The number of nitrogens with one attached hydrogen (secondary N) is 2. The number of ether oxygens (including phenoxy) is 2. The molecule has 31 heavy (non-hydrogen) atoms. The number of urea groups is 1. The van der Waals surface area contributed by atoms with E-state index in [1.165, 1.54) is 0 Å². The van der Waals surface area contributed by atoms with Crippen molar-refractivity contribution >= 4 is 33.3 Å². The van der Waals surface area contributed by atoms with Gasteiger partial charge < -0.3 is 20.1 Å². The monoisotopic (exact) mass is 434 g/mol. The Bertz CT molecular complexity index is 1180. The maximum absolute atomic E-state index is 12.5. The highest BCUT2D eigenvalue weighted by Crippen LogP contribution is 2.34. The lowest BCUT2D eigenvalue weighted by molar-refractivity contribution is 0.252. The molecule has 2 amide bonds. The van der Waals surface area contributed by atoms with E-state index in [1.54, 1.807) is 38.0 Å². The van der Waals surface area contributed by atoms with Crippen LogP contribution >= 0.6 is 11.3 Å². The zero-order valence-corrected chi connectivity index (χ0v) is 18.0. The third-order valence-corrected chi connectivity index (χ3v) is 5.78. The van der Waals surface area contributed by atoms with Gasteiger partial charge in [0, 0.05) is 24.5 Å². The van der Waals surface area contributed by atoms with Crippen LogP contribution in [0.25, 0.3) is 20.8 Å². The lowest BCUT2D eigenvalue weighted by Gasteiger charge is -2.12. The number of aromatic nitrogens is 2. The summed E-state index contributed by atoms with van der Waals surface area (Å²) in [7, 11) is 3.21. The van der Waals surface area contributed by atoms with Crippen LogP contribution < -0.4 is 20.1 Å². The van der Waals surface area contributed by atoms with Gasteiger partial charge in [0.1, 0.15) is 5.01 Å². The van der Waals surface area contributed by atoms with E-state index in [0.717, 1.165) is 26.4 Å². The summed E-state index contributed by atoms with van der Waals surface area (Å²) in [6, 6.07) is 15.0. The van der Waals surface area contributed by atoms with Gasteiger partial charge in [-0.2, -0.15) is 0 Å². The van der Waals surface area contributed by atoms with Crippen molar-refractivity contribution in [2.45, 2.75) is 6.42 Å². The Labute approximate surface area is 184 Å². The number of nitrogens with zero attached hydrogens (tertiary/aromatic N) is 2. The number of methoxy groups -OCH3 is 2. The maximum atomic E-state index is 12.5. The van der Waals surface area contributed by atoms with Crippen molar-refractivity contribution in [3.63, 3.8) is 0 Å². The van der Waals surface area contributed by atoms with Crippen LogP contribution in [0, 0.1) is 0 Å². The third-order valence-electron chi connectivity index (χ3n) is 4.74. The van der Waals surface area contributed by atoms with Crippen LogP contribution in [0.3, 0.4) is 0 Å². The summed E-state index contributed by atoms with van der Waals surface area (Å²) in [6.45, 7) is 0.482. The molecule has 0 spiro atoms. The number of thiazole rings is 1. The van der Waals surface area contributed by atoms with Gasteiger partial charge in [0.2, 0.25) is 0 Å². The van der Waals surface area contributed by atoms with E-state index in [-0.39, 0.29) is 6.03 Å². The number of anilines is 1. The summed E-state index contributed by atoms with van der Waals surface area (Å²) in [5.74, 6) is 1.35. The SMILES string of the molecule is COc1ccc(CCNC(=O)Nc2ccccc2-c2nc3ccncc3s2)cc1OC. The highest BCUT2D eigenvalue weighted by Gasteiger charge is 2.12. The van der Waals surface area contributed by atoms with E-state index in [9.17, 15) is 4.79 Å². The zero-order chi connectivity index (χ0) is 21.6. The summed E-state index contributed by atoms with van der Waals surface area (Å²) >= 11 is 1.55. The molecule has 2 N–H and O–H groups in total. The average molecular weight is 435 g/mol. The standard InChI is InChI=1S/C23H22N4O3S/c1-29-19-8-7-15(13-20(19)30-2)9-12-25-23(28)27-17-6-4-3-5-16(17)22-26-18-10-11-24-14-21(18)31-22/h3-8,10-11,13-14H,9,12H2,1-2H3,(H2,25,27,28). The topological polar surface area (TPSA) is 85.4 Å². The van der Waals surface area contributed by atoms with Gasteiger partial charge in [-0.3, -0.25) is 4.98 Å². The quantitative estimate of drug-likeness (QED) is 0.439. The van der Waals surface area contributed by atoms with Crippen LogP contribution in [0.15, 0.2) is 60.9 Å². The highest BCUT2D eigenvalue weighted by atomic mass is 32.1. The van der Waals surface area contributed by atoms with Crippen LogP contribution in [-0.4, -0.2) is 36.8 Å². The summed E-state index contributed by atoms with van der Waals surface area (Å²) < 4.78 is 11.6. The smallest absolute Gasteiger partial charge is 0.319 e. The third kappa shape index (κ3) is 4.75. The van der Waals surface area contributed by atoms with Gasteiger partial charge in [-0.05, 0) is 42.3 Å². The molecule has 0 radical (unpaired) electrons. The molecule has 4 aromatic rings. The molecule has 0 unspecified atom stereocenters. The number of carbonyl (C=O) groups is 1. The van der Waals surface area contributed by atoms with Crippen molar-refractivity contribution < 1.29 is 14.3 Å². The van der Waals surface area contributed by atoms with Crippen molar-refractivity contribution in [2.24, 2.45) is 0 Å². The van der Waals surface area contributed by atoms with Crippen LogP contribution in [0.4, 0.5) is 10.5 Å². The summed E-state index contributed by atoms with van der Waals surface area (Å²) in [5.41, 5.74) is 3.52. The fourth-order valence-electron chi connectivity index (χ4n) is 3.20. The number of hydrogen-bond acceptors (Lipinski definition) is 6. The van der Waals surface area contributed by atoms with E-state index < -0.39 is 0 Å². The Balaban J connectivity index is 1.40. The Morgan fingerprint density at radius 1 is 1.06 bits per heavy atom. The normalized spacial score (nSPS) is 10.6. The maximum Gasteiger partial charge on any atom is 0.319 e. The molecular weight excluding hydrogens is 412 g/mol. The van der Waals surface area contributed by atoms with Crippen molar-refractivity contribution in [1.29, 1.82) is 0 Å². The van der Waals surface area contributed by atoms with E-state index >= 15 is 0 Å². The fourth-order valence-corrected chi connectivity index (χ4v) is 4.17. The molecule has 158 valence electrons. The molecule has 2 aromatic heterocycles.